The summed E-state index contributed by atoms with van der Waals surface area (Å²) in [6.45, 7) is 2.14. The van der Waals surface area contributed by atoms with Crippen molar-refractivity contribution in [3.8, 4) is 11.1 Å². The number of aryl methyl sites for hydroxylation is 1. The van der Waals surface area contributed by atoms with E-state index < -0.39 is 11.6 Å². The number of halogens is 3. The topological polar surface area (TPSA) is 0 Å². The predicted octanol–water partition coefficient (Wildman–Crippen LogP) is 6.39. The SMILES string of the molecule is CCCc1ccc2c(Cl)c(-c3ccc(F)c(F)c3)ccc2c1. The molecule has 0 saturated heterocycles. The normalized spacial score (nSPS) is 11.1. The van der Waals surface area contributed by atoms with E-state index in [1.165, 1.54) is 17.7 Å². The first-order valence-corrected chi connectivity index (χ1v) is 7.64. The summed E-state index contributed by atoms with van der Waals surface area (Å²) >= 11 is 6.48. The zero-order valence-corrected chi connectivity index (χ0v) is 12.9. The summed E-state index contributed by atoms with van der Waals surface area (Å²) in [4.78, 5) is 0. The van der Waals surface area contributed by atoms with Crippen LogP contribution in [0.15, 0.2) is 48.5 Å². The Balaban J connectivity index is 2.13. The van der Waals surface area contributed by atoms with Gasteiger partial charge in [-0.3, -0.25) is 0 Å². The lowest BCUT2D eigenvalue weighted by Gasteiger charge is -2.10. The van der Waals surface area contributed by atoms with Gasteiger partial charge in [-0.15, -0.1) is 0 Å². The second kappa shape index (κ2) is 6.05. The monoisotopic (exact) mass is 316 g/mol. The summed E-state index contributed by atoms with van der Waals surface area (Å²) in [5, 5.41) is 2.54. The van der Waals surface area contributed by atoms with Gasteiger partial charge in [0.25, 0.3) is 0 Å². The molecule has 112 valence electrons. The molecule has 0 aliphatic carbocycles. The van der Waals surface area contributed by atoms with Gasteiger partial charge in [-0.2, -0.15) is 0 Å². The fourth-order valence-electron chi connectivity index (χ4n) is 2.67. The van der Waals surface area contributed by atoms with Crippen LogP contribution in [0, 0.1) is 11.6 Å². The van der Waals surface area contributed by atoms with Crippen LogP contribution in [0.1, 0.15) is 18.9 Å². The van der Waals surface area contributed by atoms with Gasteiger partial charge in [-0.05, 0) is 35.1 Å². The Bertz CT molecular complexity index is 840. The summed E-state index contributed by atoms with van der Waals surface area (Å²) in [5.74, 6) is -1.73. The Hall–Kier alpha value is -1.93. The van der Waals surface area contributed by atoms with Crippen LogP contribution in [0.2, 0.25) is 5.02 Å². The van der Waals surface area contributed by atoms with Gasteiger partial charge >= 0.3 is 0 Å². The van der Waals surface area contributed by atoms with E-state index in [1.807, 2.05) is 18.2 Å². The molecule has 0 radical (unpaired) electrons. The number of rotatable bonds is 3. The summed E-state index contributed by atoms with van der Waals surface area (Å²) < 4.78 is 26.5. The molecule has 0 spiro atoms. The van der Waals surface area contributed by atoms with Gasteiger partial charge in [0.1, 0.15) is 0 Å². The Labute approximate surface area is 133 Å². The molecule has 0 nitrogen and oxygen atoms in total. The summed E-state index contributed by atoms with van der Waals surface area (Å²) in [6, 6.07) is 13.8. The maximum absolute atomic E-state index is 13.4. The van der Waals surface area contributed by atoms with Gasteiger partial charge in [0.05, 0.1) is 5.02 Å². The minimum atomic E-state index is -0.869. The number of hydrogen-bond donors (Lipinski definition) is 0. The van der Waals surface area contributed by atoms with Crippen LogP contribution in [0.25, 0.3) is 21.9 Å². The van der Waals surface area contributed by atoms with Crippen molar-refractivity contribution in [2.45, 2.75) is 19.8 Å². The largest absolute Gasteiger partial charge is 0.204 e. The van der Waals surface area contributed by atoms with Crippen molar-refractivity contribution in [2.24, 2.45) is 0 Å². The lowest BCUT2D eigenvalue weighted by molar-refractivity contribution is 0.509. The van der Waals surface area contributed by atoms with Crippen molar-refractivity contribution in [3.05, 3.63) is 70.8 Å². The van der Waals surface area contributed by atoms with Gasteiger partial charge < -0.3 is 0 Å². The fraction of sp³-hybridized carbons (Fsp3) is 0.158. The van der Waals surface area contributed by atoms with Crippen LogP contribution in [-0.4, -0.2) is 0 Å². The summed E-state index contributed by atoms with van der Waals surface area (Å²) in [6.07, 6.45) is 2.12. The summed E-state index contributed by atoms with van der Waals surface area (Å²) in [7, 11) is 0. The van der Waals surface area contributed by atoms with Gasteiger partial charge in [0.15, 0.2) is 11.6 Å². The smallest absolute Gasteiger partial charge is 0.159 e. The van der Waals surface area contributed by atoms with Crippen LogP contribution in [0.5, 0.6) is 0 Å². The second-order valence-electron chi connectivity index (χ2n) is 5.36. The van der Waals surface area contributed by atoms with Crippen LogP contribution in [0.3, 0.4) is 0 Å². The first-order chi connectivity index (χ1) is 10.6. The maximum Gasteiger partial charge on any atom is 0.159 e. The molecule has 0 saturated carbocycles. The Morgan fingerprint density at radius 1 is 0.909 bits per heavy atom. The Morgan fingerprint density at radius 3 is 2.45 bits per heavy atom. The molecular formula is C19H15ClF2. The third kappa shape index (κ3) is 2.71. The standard InChI is InChI=1S/C19H15ClF2/c1-2-3-12-4-7-15-13(10-12)5-8-16(19(15)20)14-6-9-17(21)18(22)11-14/h4-11H,2-3H2,1H3. The molecule has 0 bridgehead atoms. The quantitative estimate of drug-likeness (QED) is 0.525. The lowest BCUT2D eigenvalue weighted by atomic mass is 9.98. The zero-order chi connectivity index (χ0) is 15.7. The van der Waals surface area contributed by atoms with Crippen molar-refractivity contribution in [3.63, 3.8) is 0 Å². The van der Waals surface area contributed by atoms with E-state index in [4.69, 9.17) is 11.6 Å². The Morgan fingerprint density at radius 2 is 1.73 bits per heavy atom. The van der Waals surface area contributed by atoms with Crippen molar-refractivity contribution in [2.75, 3.05) is 0 Å². The molecule has 0 N–H and O–H groups in total. The van der Waals surface area contributed by atoms with E-state index in [1.54, 1.807) is 0 Å². The van der Waals surface area contributed by atoms with Crippen molar-refractivity contribution >= 4 is 22.4 Å². The molecule has 0 amide bonds. The van der Waals surface area contributed by atoms with Crippen molar-refractivity contribution < 1.29 is 8.78 Å². The van der Waals surface area contributed by atoms with Crippen molar-refractivity contribution in [1.29, 1.82) is 0 Å². The van der Waals surface area contributed by atoms with Gasteiger partial charge in [-0.1, -0.05) is 61.3 Å². The Kier molecular flexibility index (Phi) is 4.12. The van der Waals surface area contributed by atoms with Gasteiger partial charge in [0.2, 0.25) is 0 Å². The van der Waals surface area contributed by atoms with Crippen LogP contribution < -0.4 is 0 Å². The van der Waals surface area contributed by atoms with Crippen LogP contribution in [0.4, 0.5) is 8.78 Å². The predicted molar refractivity (Wildman–Crippen MR) is 88.3 cm³/mol. The molecular weight excluding hydrogens is 302 g/mol. The highest BCUT2D eigenvalue weighted by Gasteiger charge is 2.10. The highest BCUT2D eigenvalue weighted by molar-refractivity contribution is 6.38. The van der Waals surface area contributed by atoms with E-state index in [2.05, 4.69) is 19.1 Å². The molecule has 22 heavy (non-hydrogen) atoms. The first kappa shape index (κ1) is 15.0. The number of fused-ring (bicyclic) bond motifs is 1. The molecule has 0 fully saturated rings. The highest BCUT2D eigenvalue weighted by Crippen LogP contribution is 2.35. The molecule has 3 heteroatoms. The minimum Gasteiger partial charge on any atom is -0.204 e. The molecule has 0 aromatic heterocycles. The van der Waals surface area contributed by atoms with Crippen LogP contribution in [-0.2, 0) is 6.42 Å². The fourth-order valence-corrected chi connectivity index (χ4v) is 3.02. The molecule has 0 aliphatic heterocycles. The van der Waals surface area contributed by atoms with Gasteiger partial charge in [-0.25, -0.2) is 8.78 Å². The lowest BCUT2D eigenvalue weighted by Crippen LogP contribution is -1.88. The molecule has 3 aromatic carbocycles. The van der Waals surface area contributed by atoms with Crippen molar-refractivity contribution in [1.82, 2.24) is 0 Å². The van der Waals surface area contributed by atoms with E-state index in [-0.39, 0.29) is 0 Å². The third-order valence-corrected chi connectivity index (χ3v) is 4.19. The third-order valence-electron chi connectivity index (χ3n) is 3.79. The molecule has 0 heterocycles. The maximum atomic E-state index is 13.4. The highest BCUT2D eigenvalue weighted by atomic mass is 35.5. The molecule has 3 rings (SSSR count). The molecule has 0 atom stereocenters. The second-order valence-corrected chi connectivity index (χ2v) is 5.74. The number of benzene rings is 3. The van der Waals surface area contributed by atoms with E-state index >= 15 is 0 Å². The average Bonchev–Trinajstić information content (AvgIpc) is 2.51. The molecule has 0 aliphatic rings. The van der Waals surface area contributed by atoms with Crippen LogP contribution >= 0.6 is 11.6 Å². The van der Waals surface area contributed by atoms with E-state index in [0.717, 1.165) is 29.7 Å². The first-order valence-electron chi connectivity index (χ1n) is 7.26. The van der Waals surface area contributed by atoms with E-state index in [0.29, 0.717) is 16.1 Å². The zero-order valence-electron chi connectivity index (χ0n) is 12.2. The molecule has 3 aromatic rings. The number of hydrogen-bond acceptors (Lipinski definition) is 0. The molecule has 0 unspecified atom stereocenters. The van der Waals surface area contributed by atoms with E-state index in [9.17, 15) is 8.78 Å². The summed E-state index contributed by atoms with van der Waals surface area (Å²) in [5.41, 5.74) is 2.55. The average molecular weight is 317 g/mol. The minimum absolute atomic E-state index is 0.562. The van der Waals surface area contributed by atoms with Gasteiger partial charge in [0, 0.05) is 10.9 Å².